The lowest BCUT2D eigenvalue weighted by molar-refractivity contribution is -0.137. The van der Waals surface area contributed by atoms with E-state index in [-0.39, 0.29) is 16.8 Å². The molecule has 0 spiro atoms. The van der Waals surface area contributed by atoms with Gasteiger partial charge < -0.3 is 25.8 Å². The SMILES string of the molecule is Cc1[nH]c(/C=C2\C(=O)Nc3ccc(F)cc32)c(C(F)(F)F)c1NC(=O)NCCN1CCCC1. The van der Waals surface area contributed by atoms with Crippen molar-refractivity contribution in [2.24, 2.45) is 0 Å². The zero-order valence-electron chi connectivity index (χ0n) is 17.8. The molecule has 1 fully saturated rings. The molecule has 0 aliphatic carbocycles. The number of carbonyl (C=O) groups excluding carboxylic acids is 2. The van der Waals surface area contributed by atoms with Gasteiger partial charge in [-0.05, 0) is 57.1 Å². The Bertz CT molecular complexity index is 1120. The van der Waals surface area contributed by atoms with Crippen LogP contribution in [0.3, 0.4) is 0 Å². The van der Waals surface area contributed by atoms with E-state index in [1.807, 2.05) is 0 Å². The highest BCUT2D eigenvalue weighted by molar-refractivity contribution is 6.34. The maximum Gasteiger partial charge on any atom is 0.420 e. The lowest BCUT2D eigenvalue weighted by Crippen LogP contribution is -2.36. The van der Waals surface area contributed by atoms with Gasteiger partial charge in [0.15, 0.2) is 0 Å². The summed E-state index contributed by atoms with van der Waals surface area (Å²) in [4.78, 5) is 29.4. The van der Waals surface area contributed by atoms with Gasteiger partial charge in [-0.3, -0.25) is 4.79 Å². The van der Waals surface area contributed by atoms with Gasteiger partial charge in [-0.25, -0.2) is 9.18 Å². The highest BCUT2D eigenvalue weighted by Gasteiger charge is 2.39. The van der Waals surface area contributed by atoms with Crippen molar-refractivity contribution in [3.8, 4) is 0 Å². The number of nitrogens with one attached hydrogen (secondary N) is 4. The van der Waals surface area contributed by atoms with Crippen molar-refractivity contribution < 1.29 is 27.2 Å². The van der Waals surface area contributed by atoms with E-state index < -0.39 is 40.9 Å². The van der Waals surface area contributed by atoms with Crippen LogP contribution in [0.4, 0.5) is 33.7 Å². The van der Waals surface area contributed by atoms with Crippen molar-refractivity contribution in [3.63, 3.8) is 0 Å². The quantitative estimate of drug-likeness (QED) is 0.394. The number of aryl methyl sites for hydroxylation is 1. The molecule has 4 N–H and O–H groups in total. The van der Waals surface area contributed by atoms with Crippen LogP contribution in [0.15, 0.2) is 18.2 Å². The number of alkyl halides is 3. The number of aromatic nitrogens is 1. The molecule has 3 heterocycles. The maximum atomic E-state index is 14.0. The fourth-order valence-electron chi connectivity index (χ4n) is 4.15. The van der Waals surface area contributed by atoms with Crippen molar-refractivity contribution in [3.05, 3.63) is 46.5 Å². The Balaban J connectivity index is 1.60. The smallest absolute Gasteiger partial charge is 0.357 e. The van der Waals surface area contributed by atoms with Gasteiger partial charge in [0.25, 0.3) is 5.91 Å². The Morgan fingerprint density at radius 2 is 1.97 bits per heavy atom. The van der Waals surface area contributed by atoms with Crippen LogP contribution in [0, 0.1) is 12.7 Å². The Morgan fingerprint density at radius 1 is 1.24 bits per heavy atom. The largest absolute Gasteiger partial charge is 0.420 e. The monoisotopic (exact) mass is 465 g/mol. The van der Waals surface area contributed by atoms with Gasteiger partial charge in [-0.1, -0.05) is 0 Å². The minimum atomic E-state index is -4.82. The van der Waals surface area contributed by atoms with Crippen LogP contribution >= 0.6 is 0 Å². The van der Waals surface area contributed by atoms with Crippen LogP contribution in [0.25, 0.3) is 11.6 Å². The molecule has 0 unspecified atom stereocenters. The molecule has 3 amide bonds. The summed E-state index contributed by atoms with van der Waals surface area (Å²) in [5, 5.41) is 7.36. The number of anilines is 2. The van der Waals surface area contributed by atoms with Gasteiger partial charge in [0.05, 0.1) is 17.0 Å². The standard InChI is InChI=1S/C22H23F4N5O2/c1-12-19(30-21(33)27-6-9-31-7-2-3-8-31)18(22(24,25)26)17(28-12)11-15-14-10-13(23)4-5-16(14)29-20(15)32/h4-5,10-11,28H,2-3,6-9H2,1H3,(H,29,32)(H2,27,30,33)/b15-11-. The van der Waals surface area contributed by atoms with E-state index >= 15 is 0 Å². The second-order valence-electron chi connectivity index (χ2n) is 8.04. The first-order chi connectivity index (χ1) is 15.6. The van der Waals surface area contributed by atoms with E-state index in [1.165, 1.54) is 13.0 Å². The Morgan fingerprint density at radius 3 is 2.67 bits per heavy atom. The highest BCUT2D eigenvalue weighted by Crippen LogP contribution is 2.42. The molecule has 11 heteroatoms. The minimum Gasteiger partial charge on any atom is -0.357 e. The third kappa shape index (κ3) is 4.87. The molecule has 2 aromatic rings. The molecule has 33 heavy (non-hydrogen) atoms. The van der Waals surface area contributed by atoms with Crippen molar-refractivity contribution in [1.29, 1.82) is 0 Å². The van der Waals surface area contributed by atoms with Crippen molar-refractivity contribution in [2.45, 2.75) is 25.9 Å². The maximum absolute atomic E-state index is 14.0. The summed E-state index contributed by atoms with van der Waals surface area (Å²) in [5.74, 6) is -1.27. The van der Waals surface area contributed by atoms with Gasteiger partial charge in [0.1, 0.15) is 11.4 Å². The van der Waals surface area contributed by atoms with E-state index in [4.69, 9.17) is 0 Å². The average Bonchev–Trinajstić information content (AvgIpc) is 3.42. The molecule has 1 aromatic carbocycles. The third-order valence-corrected chi connectivity index (χ3v) is 5.70. The topological polar surface area (TPSA) is 89.3 Å². The molecule has 0 atom stereocenters. The third-order valence-electron chi connectivity index (χ3n) is 5.70. The predicted molar refractivity (Wildman–Crippen MR) is 116 cm³/mol. The van der Waals surface area contributed by atoms with Gasteiger partial charge in [0.2, 0.25) is 0 Å². The molecule has 2 aliphatic rings. The Kier molecular flexibility index (Phi) is 6.15. The second kappa shape index (κ2) is 8.89. The van der Waals surface area contributed by atoms with Crippen LogP contribution in [-0.4, -0.2) is 48.0 Å². The molecule has 7 nitrogen and oxygen atoms in total. The van der Waals surface area contributed by atoms with Crippen molar-refractivity contribution in [1.82, 2.24) is 15.2 Å². The predicted octanol–water partition coefficient (Wildman–Crippen LogP) is 4.19. The molecule has 0 saturated carbocycles. The van der Waals surface area contributed by atoms with E-state index in [0.29, 0.717) is 18.8 Å². The summed E-state index contributed by atoms with van der Waals surface area (Å²) in [6.45, 7) is 4.19. The van der Waals surface area contributed by atoms with Crippen LogP contribution in [0.1, 0.15) is 35.4 Å². The molecule has 0 bridgehead atoms. The molecule has 0 radical (unpaired) electrons. The molecule has 176 valence electrons. The number of aromatic amines is 1. The number of likely N-dealkylation sites (tertiary alicyclic amines) is 1. The Hall–Kier alpha value is -3.34. The minimum absolute atomic E-state index is 0.0711. The fourth-order valence-corrected chi connectivity index (χ4v) is 4.15. The van der Waals surface area contributed by atoms with E-state index in [9.17, 15) is 27.2 Å². The van der Waals surface area contributed by atoms with Crippen molar-refractivity contribution >= 4 is 35.0 Å². The van der Waals surface area contributed by atoms with E-state index in [0.717, 1.165) is 44.1 Å². The summed E-state index contributed by atoms with van der Waals surface area (Å²) in [7, 11) is 0. The summed E-state index contributed by atoms with van der Waals surface area (Å²) >= 11 is 0. The van der Waals surface area contributed by atoms with Crippen LogP contribution < -0.4 is 16.0 Å². The average molecular weight is 465 g/mol. The molecule has 4 rings (SSSR count). The molecular weight excluding hydrogens is 442 g/mol. The van der Waals surface area contributed by atoms with Crippen LogP contribution in [-0.2, 0) is 11.0 Å². The summed E-state index contributed by atoms with van der Waals surface area (Å²) in [6.07, 6.45) is -1.61. The summed E-state index contributed by atoms with van der Waals surface area (Å²) in [6, 6.07) is 2.81. The number of urea groups is 1. The molecule has 2 aliphatic heterocycles. The van der Waals surface area contributed by atoms with Crippen molar-refractivity contribution in [2.75, 3.05) is 36.8 Å². The van der Waals surface area contributed by atoms with Gasteiger partial charge in [0, 0.05) is 30.0 Å². The number of benzene rings is 1. The lowest BCUT2D eigenvalue weighted by Gasteiger charge is -2.16. The molecule has 1 saturated heterocycles. The first-order valence-electron chi connectivity index (χ1n) is 10.5. The highest BCUT2D eigenvalue weighted by atomic mass is 19.4. The van der Waals surface area contributed by atoms with Crippen LogP contribution in [0.2, 0.25) is 0 Å². The number of hydrogen-bond acceptors (Lipinski definition) is 3. The van der Waals surface area contributed by atoms with E-state index in [2.05, 4.69) is 25.8 Å². The first kappa shape index (κ1) is 22.8. The van der Waals surface area contributed by atoms with Gasteiger partial charge >= 0.3 is 12.2 Å². The number of halogens is 4. The number of carbonyl (C=O) groups is 2. The zero-order valence-corrected chi connectivity index (χ0v) is 17.8. The first-order valence-corrected chi connectivity index (χ1v) is 10.5. The molecule has 1 aromatic heterocycles. The molecular formula is C22H23F4N5O2. The lowest BCUT2D eigenvalue weighted by atomic mass is 10.0. The summed E-state index contributed by atoms with van der Waals surface area (Å²) < 4.78 is 55.6. The number of hydrogen-bond donors (Lipinski definition) is 4. The van der Waals surface area contributed by atoms with E-state index in [1.54, 1.807) is 0 Å². The second-order valence-corrected chi connectivity index (χ2v) is 8.04. The normalized spacial score (nSPS) is 17.4. The number of rotatable bonds is 5. The fraction of sp³-hybridized carbons (Fsp3) is 0.364. The number of fused-ring (bicyclic) bond motifs is 1. The number of amides is 3. The Labute approximate surface area is 187 Å². The number of nitrogens with zero attached hydrogens (tertiary/aromatic N) is 1. The number of H-pyrrole nitrogens is 1. The van der Waals surface area contributed by atoms with Gasteiger partial charge in [-0.2, -0.15) is 13.2 Å². The zero-order chi connectivity index (χ0) is 23.8. The summed E-state index contributed by atoms with van der Waals surface area (Å²) in [5.41, 5.74) is -1.52. The van der Waals surface area contributed by atoms with Gasteiger partial charge in [-0.15, -0.1) is 0 Å². The van der Waals surface area contributed by atoms with Crippen LogP contribution in [0.5, 0.6) is 0 Å².